The Bertz CT molecular complexity index is 711. The average molecular weight is 356 g/mol. The number of hydrogen-bond acceptors (Lipinski definition) is 4. The molecule has 0 N–H and O–H groups in total. The van der Waals surface area contributed by atoms with Gasteiger partial charge in [0.05, 0.1) is 5.69 Å². The zero-order valence-corrected chi connectivity index (χ0v) is 15.2. The quantitative estimate of drug-likeness (QED) is 0.617. The first kappa shape index (κ1) is 18.2. The Hall–Kier alpha value is -2.55. The van der Waals surface area contributed by atoms with Crippen LogP contribution < -0.4 is 4.90 Å². The van der Waals surface area contributed by atoms with Crippen LogP contribution in [-0.2, 0) is 4.79 Å². The molecular weight excluding hydrogens is 331 g/mol. The van der Waals surface area contributed by atoms with Crippen LogP contribution >= 0.6 is 0 Å². The summed E-state index contributed by atoms with van der Waals surface area (Å²) in [5.74, 6) is 0.250. The number of piperidine rings is 1. The van der Waals surface area contributed by atoms with Gasteiger partial charge in [-0.3, -0.25) is 4.79 Å². The summed E-state index contributed by atoms with van der Waals surface area (Å²) in [6.45, 7) is 6.27. The third-order valence-electron chi connectivity index (χ3n) is 5.24. The lowest BCUT2D eigenvalue weighted by atomic mass is 9.99. The van der Waals surface area contributed by atoms with E-state index >= 15 is 0 Å². The van der Waals surface area contributed by atoms with E-state index in [4.69, 9.17) is 0 Å². The number of benzene rings is 1. The minimum absolute atomic E-state index is 0.170. The van der Waals surface area contributed by atoms with Gasteiger partial charge in [0.25, 0.3) is 5.91 Å². The molecule has 0 aliphatic carbocycles. The minimum atomic E-state index is -0.219. The lowest BCUT2D eigenvalue weighted by Gasteiger charge is -2.36. The van der Waals surface area contributed by atoms with Crippen LogP contribution in [-0.4, -0.2) is 55.0 Å². The molecule has 1 aromatic rings. The van der Waals surface area contributed by atoms with Gasteiger partial charge in [0.2, 0.25) is 0 Å². The van der Waals surface area contributed by atoms with Crippen LogP contribution in [0.4, 0.5) is 10.1 Å². The van der Waals surface area contributed by atoms with Crippen LogP contribution in [0.25, 0.3) is 0 Å². The molecule has 2 fully saturated rings. The highest BCUT2D eigenvalue weighted by molar-refractivity contribution is 5.97. The number of likely N-dealkylation sites (tertiary alicyclic amines) is 1. The minimum Gasteiger partial charge on any atom is -0.373 e. The summed E-state index contributed by atoms with van der Waals surface area (Å²) in [6.07, 6.45) is 3.66. The third-order valence-corrected chi connectivity index (χ3v) is 5.24. The Morgan fingerprint density at radius 3 is 2.42 bits per heavy atom. The first-order chi connectivity index (χ1) is 12.6. The van der Waals surface area contributed by atoms with Crippen LogP contribution in [0.3, 0.4) is 0 Å². The van der Waals surface area contributed by atoms with Crippen LogP contribution in [0.5, 0.6) is 0 Å². The average Bonchev–Trinajstić information content (AvgIpc) is 2.67. The van der Waals surface area contributed by atoms with Gasteiger partial charge in [0.15, 0.2) is 0 Å². The molecule has 3 rings (SSSR count). The highest BCUT2D eigenvalue weighted by Gasteiger charge is 2.24. The van der Waals surface area contributed by atoms with Gasteiger partial charge in [-0.05, 0) is 30.9 Å². The van der Waals surface area contributed by atoms with E-state index in [1.54, 1.807) is 23.2 Å². The molecule has 26 heavy (non-hydrogen) atoms. The zero-order chi connectivity index (χ0) is 18.5. The Kier molecular flexibility index (Phi) is 5.77. The number of carbonyl (C=O) groups excluding carboxylic acids is 1. The molecule has 138 valence electrons. The fourth-order valence-corrected chi connectivity index (χ4v) is 3.50. The van der Waals surface area contributed by atoms with Crippen molar-refractivity contribution in [1.82, 2.24) is 9.80 Å². The molecule has 2 aliphatic rings. The first-order valence-corrected chi connectivity index (χ1v) is 9.23. The summed E-state index contributed by atoms with van der Waals surface area (Å²) >= 11 is 0. The number of nitriles is 1. The van der Waals surface area contributed by atoms with Gasteiger partial charge in [0.1, 0.15) is 17.5 Å². The molecule has 0 radical (unpaired) electrons. The number of anilines is 1. The van der Waals surface area contributed by atoms with Crippen molar-refractivity contribution in [3.8, 4) is 6.07 Å². The molecule has 2 heterocycles. The number of nitrogens with zero attached hydrogens (tertiary/aromatic N) is 4. The number of piperazine rings is 1. The summed E-state index contributed by atoms with van der Waals surface area (Å²) in [4.78, 5) is 18.4. The van der Waals surface area contributed by atoms with Gasteiger partial charge in [-0.1, -0.05) is 19.1 Å². The van der Waals surface area contributed by atoms with E-state index < -0.39 is 0 Å². The summed E-state index contributed by atoms with van der Waals surface area (Å²) in [7, 11) is 0. The Balaban J connectivity index is 1.60. The summed E-state index contributed by atoms with van der Waals surface area (Å²) in [5, 5.41) is 9.42. The highest BCUT2D eigenvalue weighted by Crippen LogP contribution is 2.21. The van der Waals surface area contributed by atoms with Crippen LogP contribution in [0.15, 0.2) is 36.0 Å². The van der Waals surface area contributed by atoms with Gasteiger partial charge in [-0.2, -0.15) is 5.26 Å². The largest absolute Gasteiger partial charge is 0.373 e. The fourth-order valence-electron chi connectivity index (χ4n) is 3.50. The lowest BCUT2D eigenvalue weighted by molar-refractivity contribution is -0.128. The Labute approximate surface area is 154 Å². The van der Waals surface area contributed by atoms with Crippen LogP contribution in [0.2, 0.25) is 0 Å². The standard InChI is InChI=1S/C20H25FN4O/c1-16-6-8-25(9-7-16)20(26)17(14-22)15-23-10-12-24(13-11-23)19-5-3-2-4-18(19)21/h2-5,15-16H,6-13H2,1H3/b17-15-. The van der Waals surface area contributed by atoms with E-state index in [9.17, 15) is 14.4 Å². The number of halogens is 1. The fraction of sp³-hybridized carbons (Fsp3) is 0.500. The molecule has 2 aliphatic heterocycles. The zero-order valence-electron chi connectivity index (χ0n) is 15.2. The molecule has 2 saturated heterocycles. The topological polar surface area (TPSA) is 50.6 Å². The lowest BCUT2D eigenvalue weighted by Crippen LogP contribution is -2.45. The predicted octanol–water partition coefficient (Wildman–Crippen LogP) is 2.61. The monoisotopic (exact) mass is 356 g/mol. The molecule has 0 atom stereocenters. The maximum Gasteiger partial charge on any atom is 0.266 e. The van der Waals surface area contributed by atoms with Gasteiger partial charge in [-0.25, -0.2) is 4.39 Å². The van der Waals surface area contributed by atoms with Crippen molar-refractivity contribution in [3.05, 3.63) is 41.9 Å². The number of carbonyl (C=O) groups is 1. The van der Waals surface area contributed by atoms with Crippen molar-refractivity contribution in [1.29, 1.82) is 5.26 Å². The molecular formula is C20H25FN4O. The number of rotatable bonds is 3. The van der Waals surface area contributed by atoms with Gasteiger partial charge < -0.3 is 14.7 Å². The smallest absolute Gasteiger partial charge is 0.266 e. The SMILES string of the molecule is CC1CCN(C(=O)/C(C#N)=C\N2CCN(c3ccccc3F)CC2)CC1. The molecule has 0 aromatic heterocycles. The summed E-state index contributed by atoms with van der Waals surface area (Å²) in [6, 6.07) is 8.82. The Morgan fingerprint density at radius 2 is 1.81 bits per heavy atom. The van der Waals surface area contributed by atoms with E-state index in [1.807, 2.05) is 15.9 Å². The van der Waals surface area contributed by atoms with E-state index in [0.717, 1.165) is 25.9 Å². The normalized spacial score (nSPS) is 19.4. The third kappa shape index (κ3) is 4.16. The van der Waals surface area contributed by atoms with Crippen molar-refractivity contribution in [2.45, 2.75) is 19.8 Å². The van der Waals surface area contributed by atoms with Crippen molar-refractivity contribution in [3.63, 3.8) is 0 Å². The van der Waals surface area contributed by atoms with Crippen molar-refractivity contribution >= 4 is 11.6 Å². The molecule has 0 spiro atoms. The van der Waals surface area contributed by atoms with Crippen LogP contribution in [0, 0.1) is 23.1 Å². The second kappa shape index (κ2) is 8.22. The molecule has 0 bridgehead atoms. The second-order valence-corrected chi connectivity index (χ2v) is 7.10. The van der Waals surface area contributed by atoms with E-state index in [-0.39, 0.29) is 17.3 Å². The van der Waals surface area contributed by atoms with E-state index in [1.165, 1.54) is 6.07 Å². The predicted molar refractivity (Wildman–Crippen MR) is 98.9 cm³/mol. The van der Waals surface area contributed by atoms with Gasteiger partial charge in [-0.15, -0.1) is 0 Å². The number of para-hydroxylation sites is 1. The van der Waals surface area contributed by atoms with E-state index in [0.29, 0.717) is 37.8 Å². The molecule has 6 heteroatoms. The molecule has 1 aromatic carbocycles. The van der Waals surface area contributed by atoms with Crippen molar-refractivity contribution in [2.24, 2.45) is 5.92 Å². The molecule has 0 unspecified atom stereocenters. The highest BCUT2D eigenvalue weighted by atomic mass is 19.1. The molecule has 5 nitrogen and oxygen atoms in total. The maximum atomic E-state index is 13.9. The van der Waals surface area contributed by atoms with Crippen molar-refractivity contribution in [2.75, 3.05) is 44.2 Å². The van der Waals surface area contributed by atoms with E-state index in [2.05, 4.69) is 13.0 Å². The maximum absolute atomic E-state index is 13.9. The van der Waals surface area contributed by atoms with Gasteiger partial charge >= 0.3 is 0 Å². The van der Waals surface area contributed by atoms with Gasteiger partial charge in [0, 0.05) is 45.5 Å². The number of amides is 1. The number of hydrogen-bond donors (Lipinski definition) is 0. The Morgan fingerprint density at radius 1 is 1.15 bits per heavy atom. The molecule has 0 saturated carbocycles. The summed E-state index contributed by atoms with van der Waals surface area (Å²) in [5.41, 5.74) is 0.800. The summed E-state index contributed by atoms with van der Waals surface area (Å²) < 4.78 is 13.9. The molecule has 1 amide bonds. The van der Waals surface area contributed by atoms with Crippen molar-refractivity contribution < 1.29 is 9.18 Å². The van der Waals surface area contributed by atoms with Crippen LogP contribution in [0.1, 0.15) is 19.8 Å². The first-order valence-electron chi connectivity index (χ1n) is 9.23. The second-order valence-electron chi connectivity index (χ2n) is 7.10.